The molecule has 1 atom stereocenters. The number of methoxy groups -OCH3 is 1. The van der Waals surface area contributed by atoms with Gasteiger partial charge in [0.1, 0.15) is 12.4 Å². The third-order valence-electron chi connectivity index (χ3n) is 5.52. The summed E-state index contributed by atoms with van der Waals surface area (Å²) < 4.78 is 16.3. The Kier molecular flexibility index (Phi) is 7.21. The molecule has 0 N–H and O–H groups in total. The van der Waals surface area contributed by atoms with Crippen LogP contribution in [0.4, 0.5) is 4.79 Å². The van der Waals surface area contributed by atoms with Gasteiger partial charge in [-0.15, -0.1) is 0 Å². The highest BCUT2D eigenvalue weighted by Gasteiger charge is 2.37. The molecule has 0 radical (unpaired) electrons. The average Bonchev–Trinajstić information content (AvgIpc) is 2.76. The zero-order valence-corrected chi connectivity index (χ0v) is 18.9. The molecule has 0 aliphatic carbocycles. The van der Waals surface area contributed by atoms with Gasteiger partial charge >= 0.3 is 12.1 Å². The first-order valence-corrected chi connectivity index (χ1v) is 10.6. The van der Waals surface area contributed by atoms with E-state index in [0.29, 0.717) is 26.2 Å². The van der Waals surface area contributed by atoms with Crippen molar-refractivity contribution in [1.29, 1.82) is 0 Å². The molecule has 2 aromatic carbocycles. The summed E-state index contributed by atoms with van der Waals surface area (Å²) in [4.78, 5) is 26.6. The Morgan fingerprint density at radius 2 is 1.87 bits per heavy atom. The zero-order chi connectivity index (χ0) is 22.5. The number of ether oxygens (including phenoxy) is 3. The number of benzene rings is 2. The number of fused-ring (bicyclic) bond motifs is 1. The van der Waals surface area contributed by atoms with Gasteiger partial charge in [0, 0.05) is 6.54 Å². The van der Waals surface area contributed by atoms with Crippen LogP contribution in [0, 0.1) is 19.8 Å². The number of hydrogen-bond acceptors (Lipinski definition) is 5. The number of carbonyl (C=O) groups excluding carboxylic acids is 2. The lowest BCUT2D eigenvalue weighted by Gasteiger charge is -2.35. The van der Waals surface area contributed by atoms with Gasteiger partial charge in [-0.05, 0) is 66.1 Å². The SMILES string of the molecule is COC(=O)C1c2ccc(OCc3ccc(C)c(C)c3)cc2CCN1C(=O)OCC(C)C. The van der Waals surface area contributed by atoms with Gasteiger partial charge in [-0.3, -0.25) is 4.90 Å². The lowest BCUT2D eigenvalue weighted by molar-refractivity contribution is -0.147. The summed E-state index contributed by atoms with van der Waals surface area (Å²) in [6.07, 6.45) is 0.116. The number of carbonyl (C=O) groups is 2. The first-order valence-electron chi connectivity index (χ1n) is 10.6. The van der Waals surface area contributed by atoms with Gasteiger partial charge < -0.3 is 14.2 Å². The van der Waals surface area contributed by atoms with E-state index in [-0.39, 0.29) is 5.92 Å². The van der Waals surface area contributed by atoms with E-state index < -0.39 is 18.1 Å². The molecule has 6 nitrogen and oxygen atoms in total. The van der Waals surface area contributed by atoms with E-state index in [1.807, 2.05) is 32.0 Å². The first-order chi connectivity index (χ1) is 14.8. The van der Waals surface area contributed by atoms with Crippen molar-refractivity contribution in [3.05, 3.63) is 64.2 Å². The minimum atomic E-state index is -0.817. The van der Waals surface area contributed by atoms with Gasteiger partial charge in [0.25, 0.3) is 0 Å². The van der Waals surface area contributed by atoms with Crippen molar-refractivity contribution in [2.45, 2.75) is 46.8 Å². The third kappa shape index (κ3) is 5.37. The second kappa shape index (κ2) is 9.86. The molecule has 6 heteroatoms. The summed E-state index contributed by atoms with van der Waals surface area (Å²) in [5, 5.41) is 0. The van der Waals surface area contributed by atoms with Crippen LogP contribution in [-0.4, -0.2) is 37.2 Å². The molecule has 0 saturated heterocycles. The van der Waals surface area contributed by atoms with Crippen LogP contribution in [0.1, 0.15) is 47.7 Å². The van der Waals surface area contributed by atoms with E-state index in [2.05, 4.69) is 32.0 Å². The number of esters is 1. The fourth-order valence-corrected chi connectivity index (χ4v) is 3.64. The van der Waals surface area contributed by atoms with Crippen LogP contribution >= 0.6 is 0 Å². The van der Waals surface area contributed by atoms with E-state index in [0.717, 1.165) is 22.4 Å². The van der Waals surface area contributed by atoms with Crippen molar-refractivity contribution in [1.82, 2.24) is 4.90 Å². The van der Waals surface area contributed by atoms with Gasteiger partial charge in [0.2, 0.25) is 0 Å². The normalized spacial score (nSPS) is 15.4. The minimum Gasteiger partial charge on any atom is -0.489 e. The highest BCUT2D eigenvalue weighted by Crippen LogP contribution is 2.34. The summed E-state index contributed by atoms with van der Waals surface area (Å²) in [6, 6.07) is 11.1. The Morgan fingerprint density at radius 1 is 1.10 bits per heavy atom. The molecule has 166 valence electrons. The van der Waals surface area contributed by atoms with E-state index in [4.69, 9.17) is 14.2 Å². The molecule has 2 aromatic rings. The van der Waals surface area contributed by atoms with Crippen molar-refractivity contribution in [3.63, 3.8) is 0 Å². The maximum atomic E-state index is 12.6. The Morgan fingerprint density at radius 3 is 2.55 bits per heavy atom. The lowest BCUT2D eigenvalue weighted by atomic mass is 9.92. The highest BCUT2D eigenvalue weighted by molar-refractivity contribution is 5.84. The maximum Gasteiger partial charge on any atom is 0.410 e. The molecule has 0 fully saturated rings. The Bertz CT molecular complexity index is 953. The van der Waals surface area contributed by atoms with Crippen molar-refractivity contribution in [2.24, 2.45) is 5.92 Å². The molecule has 31 heavy (non-hydrogen) atoms. The maximum absolute atomic E-state index is 12.6. The van der Waals surface area contributed by atoms with Crippen LogP contribution in [0.25, 0.3) is 0 Å². The number of nitrogens with zero attached hydrogens (tertiary/aromatic N) is 1. The van der Waals surface area contributed by atoms with Crippen LogP contribution < -0.4 is 4.74 Å². The molecule has 0 saturated carbocycles. The average molecular weight is 426 g/mol. The molecule has 0 aromatic heterocycles. The fraction of sp³-hybridized carbons (Fsp3) is 0.440. The Balaban J connectivity index is 1.77. The number of amides is 1. The van der Waals surface area contributed by atoms with Crippen LogP contribution in [0.5, 0.6) is 5.75 Å². The van der Waals surface area contributed by atoms with Gasteiger partial charge in [-0.1, -0.05) is 38.1 Å². The highest BCUT2D eigenvalue weighted by atomic mass is 16.6. The molecule has 1 amide bonds. The van der Waals surface area contributed by atoms with E-state index in [1.165, 1.54) is 23.1 Å². The molecule has 0 bridgehead atoms. The molecule has 1 aliphatic rings. The quantitative estimate of drug-likeness (QED) is 0.625. The van der Waals surface area contributed by atoms with Crippen molar-refractivity contribution < 1.29 is 23.8 Å². The molecule has 0 spiro atoms. The van der Waals surface area contributed by atoms with Gasteiger partial charge in [0.15, 0.2) is 6.04 Å². The number of aryl methyl sites for hydroxylation is 2. The minimum absolute atomic E-state index is 0.217. The summed E-state index contributed by atoms with van der Waals surface area (Å²) >= 11 is 0. The number of rotatable bonds is 6. The summed E-state index contributed by atoms with van der Waals surface area (Å²) in [6.45, 7) is 9.26. The first kappa shape index (κ1) is 22.7. The van der Waals surface area contributed by atoms with Gasteiger partial charge in [0.05, 0.1) is 13.7 Å². The Hall–Kier alpha value is -3.02. The molecule has 1 unspecified atom stereocenters. The monoisotopic (exact) mass is 425 g/mol. The summed E-state index contributed by atoms with van der Waals surface area (Å²) in [7, 11) is 1.33. The van der Waals surface area contributed by atoms with Crippen molar-refractivity contribution >= 4 is 12.1 Å². The second-order valence-corrected chi connectivity index (χ2v) is 8.41. The Labute approximate surface area is 184 Å². The summed E-state index contributed by atoms with van der Waals surface area (Å²) in [5.41, 5.74) is 5.31. The largest absolute Gasteiger partial charge is 0.489 e. The molecule has 3 rings (SSSR count). The third-order valence-corrected chi connectivity index (χ3v) is 5.52. The molecule has 1 aliphatic heterocycles. The zero-order valence-electron chi connectivity index (χ0n) is 18.9. The predicted octanol–water partition coefficient (Wildman–Crippen LogP) is 4.75. The predicted molar refractivity (Wildman–Crippen MR) is 118 cm³/mol. The van der Waals surface area contributed by atoms with E-state index in [9.17, 15) is 9.59 Å². The van der Waals surface area contributed by atoms with E-state index >= 15 is 0 Å². The standard InChI is InChI=1S/C25H31NO5/c1-16(2)14-31-25(28)26-11-10-20-13-21(8-9-22(20)23(26)24(27)29-5)30-15-19-7-6-17(3)18(4)12-19/h6-9,12-13,16,23H,10-11,14-15H2,1-5H3. The lowest BCUT2D eigenvalue weighted by Crippen LogP contribution is -2.44. The van der Waals surface area contributed by atoms with E-state index in [1.54, 1.807) is 0 Å². The summed E-state index contributed by atoms with van der Waals surface area (Å²) in [5.74, 6) is 0.470. The molecule has 1 heterocycles. The second-order valence-electron chi connectivity index (χ2n) is 8.41. The number of hydrogen-bond donors (Lipinski definition) is 0. The topological polar surface area (TPSA) is 65.1 Å². The smallest absolute Gasteiger partial charge is 0.410 e. The van der Waals surface area contributed by atoms with Crippen LogP contribution in [0.15, 0.2) is 36.4 Å². The van der Waals surface area contributed by atoms with Crippen molar-refractivity contribution in [2.75, 3.05) is 20.3 Å². The fourth-order valence-electron chi connectivity index (χ4n) is 3.64. The molecular formula is C25H31NO5. The molecular weight excluding hydrogens is 394 g/mol. The van der Waals surface area contributed by atoms with Crippen LogP contribution in [0.2, 0.25) is 0 Å². The van der Waals surface area contributed by atoms with Gasteiger partial charge in [-0.25, -0.2) is 9.59 Å². The van der Waals surface area contributed by atoms with Crippen LogP contribution in [0.3, 0.4) is 0 Å². The van der Waals surface area contributed by atoms with Crippen molar-refractivity contribution in [3.8, 4) is 5.75 Å². The van der Waals surface area contributed by atoms with Gasteiger partial charge in [-0.2, -0.15) is 0 Å². The van der Waals surface area contributed by atoms with Crippen LogP contribution in [-0.2, 0) is 27.3 Å².